The maximum absolute atomic E-state index is 11.4. The van der Waals surface area contributed by atoms with Gasteiger partial charge in [0, 0.05) is 23.1 Å². The zero-order chi connectivity index (χ0) is 16.5. The van der Waals surface area contributed by atoms with E-state index in [4.69, 9.17) is 4.42 Å². The van der Waals surface area contributed by atoms with Gasteiger partial charge in [-0.1, -0.05) is 37.3 Å². The molecule has 1 N–H and O–H groups in total. The third kappa shape index (κ3) is 2.52. The van der Waals surface area contributed by atoms with Crippen LogP contribution in [-0.2, 0) is 4.79 Å². The van der Waals surface area contributed by atoms with E-state index >= 15 is 0 Å². The van der Waals surface area contributed by atoms with Crippen LogP contribution in [0.1, 0.15) is 13.3 Å². The number of nitrogens with zero attached hydrogens (tertiary/aromatic N) is 1. The first-order chi connectivity index (χ1) is 11.7. The van der Waals surface area contributed by atoms with E-state index in [2.05, 4.69) is 16.4 Å². The Morgan fingerprint density at radius 1 is 1.04 bits per heavy atom. The summed E-state index contributed by atoms with van der Waals surface area (Å²) >= 11 is 0. The molecule has 24 heavy (non-hydrogen) atoms. The van der Waals surface area contributed by atoms with Gasteiger partial charge in [-0.25, -0.2) is 4.98 Å². The van der Waals surface area contributed by atoms with Gasteiger partial charge in [-0.05, 0) is 35.7 Å². The molecule has 4 nitrogen and oxygen atoms in total. The molecule has 118 valence electrons. The van der Waals surface area contributed by atoms with Gasteiger partial charge in [-0.2, -0.15) is 0 Å². The normalized spacial score (nSPS) is 11.0. The van der Waals surface area contributed by atoms with Crippen molar-refractivity contribution in [1.29, 1.82) is 0 Å². The molecule has 0 spiro atoms. The lowest BCUT2D eigenvalue weighted by atomic mass is 10.1. The summed E-state index contributed by atoms with van der Waals surface area (Å²) in [6, 6.07) is 19.6. The van der Waals surface area contributed by atoms with E-state index < -0.39 is 0 Å². The summed E-state index contributed by atoms with van der Waals surface area (Å²) in [7, 11) is 0. The molecule has 3 aromatic carbocycles. The fourth-order valence-corrected chi connectivity index (χ4v) is 2.73. The minimum atomic E-state index is -0.00363. The Morgan fingerprint density at radius 3 is 2.62 bits per heavy atom. The molecule has 1 amide bonds. The standard InChI is InChI=1S/C20H16N2O2/c1-2-18(23)21-15-10-7-14(8-11-15)20-22-19-16-6-4-3-5-13(16)9-12-17(19)24-20/h3-12H,2H2,1H3,(H,21,23). The number of fused-ring (bicyclic) bond motifs is 3. The van der Waals surface area contributed by atoms with E-state index in [9.17, 15) is 4.79 Å². The summed E-state index contributed by atoms with van der Waals surface area (Å²) in [4.78, 5) is 16.1. The molecular formula is C20H16N2O2. The highest BCUT2D eigenvalue weighted by atomic mass is 16.3. The van der Waals surface area contributed by atoms with Gasteiger partial charge in [0.2, 0.25) is 11.8 Å². The van der Waals surface area contributed by atoms with E-state index in [-0.39, 0.29) is 5.91 Å². The van der Waals surface area contributed by atoms with E-state index in [0.29, 0.717) is 12.3 Å². The largest absolute Gasteiger partial charge is 0.436 e. The lowest BCUT2D eigenvalue weighted by molar-refractivity contribution is -0.115. The van der Waals surface area contributed by atoms with Crippen LogP contribution in [0, 0.1) is 0 Å². The molecule has 4 aromatic rings. The van der Waals surface area contributed by atoms with Crippen molar-refractivity contribution >= 4 is 33.5 Å². The maximum Gasteiger partial charge on any atom is 0.227 e. The van der Waals surface area contributed by atoms with Gasteiger partial charge in [-0.3, -0.25) is 4.79 Å². The van der Waals surface area contributed by atoms with Gasteiger partial charge < -0.3 is 9.73 Å². The van der Waals surface area contributed by atoms with Gasteiger partial charge in [0.25, 0.3) is 0 Å². The predicted molar refractivity (Wildman–Crippen MR) is 95.9 cm³/mol. The number of carbonyl (C=O) groups is 1. The Kier molecular flexibility index (Phi) is 3.50. The van der Waals surface area contributed by atoms with Crippen molar-refractivity contribution in [1.82, 2.24) is 4.98 Å². The fraction of sp³-hybridized carbons (Fsp3) is 0.100. The predicted octanol–water partition coefficient (Wildman–Crippen LogP) is 5.00. The van der Waals surface area contributed by atoms with Crippen LogP contribution in [0.3, 0.4) is 0 Å². The van der Waals surface area contributed by atoms with E-state index in [1.54, 1.807) is 0 Å². The number of anilines is 1. The van der Waals surface area contributed by atoms with Gasteiger partial charge in [0.05, 0.1) is 0 Å². The van der Waals surface area contributed by atoms with Crippen molar-refractivity contribution in [3.05, 3.63) is 60.7 Å². The zero-order valence-corrected chi connectivity index (χ0v) is 13.2. The quantitative estimate of drug-likeness (QED) is 0.579. The fourth-order valence-electron chi connectivity index (χ4n) is 2.73. The maximum atomic E-state index is 11.4. The number of hydrogen-bond donors (Lipinski definition) is 1. The number of carbonyl (C=O) groups excluding carboxylic acids is 1. The minimum absolute atomic E-state index is 0.00363. The Bertz CT molecular complexity index is 1030. The number of rotatable bonds is 3. The van der Waals surface area contributed by atoms with Crippen LogP contribution in [0.25, 0.3) is 33.3 Å². The smallest absolute Gasteiger partial charge is 0.227 e. The molecule has 0 aliphatic carbocycles. The average molecular weight is 316 g/mol. The highest BCUT2D eigenvalue weighted by molar-refractivity contribution is 6.04. The first kappa shape index (κ1) is 14.5. The molecule has 0 radical (unpaired) electrons. The van der Waals surface area contributed by atoms with Crippen molar-refractivity contribution in [2.75, 3.05) is 5.32 Å². The van der Waals surface area contributed by atoms with E-state index in [1.807, 2.05) is 61.5 Å². The molecule has 1 heterocycles. The third-order valence-corrected chi connectivity index (χ3v) is 4.02. The highest BCUT2D eigenvalue weighted by Gasteiger charge is 2.11. The molecule has 0 atom stereocenters. The first-order valence-corrected chi connectivity index (χ1v) is 7.93. The molecule has 0 aliphatic heterocycles. The lowest BCUT2D eigenvalue weighted by Gasteiger charge is -2.03. The van der Waals surface area contributed by atoms with Crippen molar-refractivity contribution in [2.45, 2.75) is 13.3 Å². The summed E-state index contributed by atoms with van der Waals surface area (Å²) in [5.41, 5.74) is 3.29. The molecule has 4 heteroatoms. The monoisotopic (exact) mass is 316 g/mol. The number of aromatic nitrogens is 1. The van der Waals surface area contributed by atoms with Gasteiger partial charge in [-0.15, -0.1) is 0 Å². The molecule has 1 aromatic heterocycles. The van der Waals surface area contributed by atoms with Gasteiger partial charge >= 0.3 is 0 Å². The molecule has 0 bridgehead atoms. The van der Waals surface area contributed by atoms with E-state index in [0.717, 1.165) is 33.1 Å². The van der Waals surface area contributed by atoms with Crippen LogP contribution >= 0.6 is 0 Å². The van der Waals surface area contributed by atoms with Crippen LogP contribution in [0.2, 0.25) is 0 Å². The molecule has 0 saturated carbocycles. The summed E-state index contributed by atoms with van der Waals surface area (Å²) < 4.78 is 5.91. The number of nitrogens with one attached hydrogen (secondary N) is 1. The Hall–Kier alpha value is -3.14. The summed E-state index contributed by atoms with van der Waals surface area (Å²) in [5.74, 6) is 0.575. The Morgan fingerprint density at radius 2 is 1.83 bits per heavy atom. The summed E-state index contributed by atoms with van der Waals surface area (Å²) in [6.07, 6.45) is 0.458. The molecular weight excluding hydrogens is 300 g/mol. The van der Waals surface area contributed by atoms with E-state index in [1.165, 1.54) is 0 Å². The van der Waals surface area contributed by atoms with Crippen molar-refractivity contribution < 1.29 is 9.21 Å². The van der Waals surface area contributed by atoms with Crippen LogP contribution < -0.4 is 5.32 Å². The second-order valence-corrected chi connectivity index (χ2v) is 5.63. The number of hydrogen-bond acceptors (Lipinski definition) is 3. The van der Waals surface area contributed by atoms with Crippen molar-refractivity contribution in [3.8, 4) is 11.5 Å². The highest BCUT2D eigenvalue weighted by Crippen LogP contribution is 2.30. The van der Waals surface area contributed by atoms with Crippen LogP contribution in [0.5, 0.6) is 0 Å². The number of benzene rings is 3. The second-order valence-electron chi connectivity index (χ2n) is 5.63. The number of amides is 1. The van der Waals surface area contributed by atoms with Gasteiger partial charge in [0.1, 0.15) is 5.52 Å². The topological polar surface area (TPSA) is 55.1 Å². The van der Waals surface area contributed by atoms with Crippen LogP contribution in [-0.4, -0.2) is 10.9 Å². The molecule has 0 fully saturated rings. The lowest BCUT2D eigenvalue weighted by Crippen LogP contribution is -2.08. The molecule has 4 rings (SSSR count). The van der Waals surface area contributed by atoms with Gasteiger partial charge in [0.15, 0.2) is 5.58 Å². The average Bonchev–Trinajstić information content (AvgIpc) is 3.07. The molecule has 0 saturated heterocycles. The van der Waals surface area contributed by atoms with Crippen molar-refractivity contribution in [2.24, 2.45) is 0 Å². The summed E-state index contributed by atoms with van der Waals surface area (Å²) in [6.45, 7) is 1.83. The molecule has 0 aliphatic rings. The van der Waals surface area contributed by atoms with Crippen LogP contribution in [0.4, 0.5) is 5.69 Å². The third-order valence-electron chi connectivity index (χ3n) is 4.02. The zero-order valence-electron chi connectivity index (χ0n) is 13.2. The second kappa shape index (κ2) is 5.81. The Balaban J connectivity index is 1.74. The first-order valence-electron chi connectivity index (χ1n) is 7.93. The Labute approximate surface area is 139 Å². The minimum Gasteiger partial charge on any atom is -0.436 e. The summed E-state index contributed by atoms with van der Waals surface area (Å²) in [5, 5.41) is 5.05. The molecule has 0 unspecified atom stereocenters. The number of oxazole rings is 1. The SMILES string of the molecule is CCC(=O)Nc1ccc(-c2nc3c(ccc4ccccc43)o2)cc1. The van der Waals surface area contributed by atoms with Crippen molar-refractivity contribution in [3.63, 3.8) is 0 Å². The van der Waals surface area contributed by atoms with Crippen LogP contribution in [0.15, 0.2) is 65.1 Å².